The molecule has 1 aliphatic rings. The lowest BCUT2D eigenvalue weighted by Crippen LogP contribution is -2.44. The third-order valence-corrected chi connectivity index (χ3v) is 4.18. The summed E-state index contributed by atoms with van der Waals surface area (Å²) in [7, 11) is 0. The molecule has 0 aliphatic carbocycles. The van der Waals surface area contributed by atoms with Crippen molar-refractivity contribution in [1.29, 1.82) is 0 Å². The number of rotatable bonds is 5. The number of aromatic nitrogens is 1. The summed E-state index contributed by atoms with van der Waals surface area (Å²) in [4.78, 5) is 9.09. The van der Waals surface area contributed by atoms with Crippen LogP contribution in [0.25, 0.3) is 0 Å². The van der Waals surface area contributed by atoms with Gasteiger partial charge in [-0.2, -0.15) is 0 Å². The fourth-order valence-electron chi connectivity index (χ4n) is 2.58. The summed E-state index contributed by atoms with van der Waals surface area (Å²) < 4.78 is 6.45. The van der Waals surface area contributed by atoms with Crippen molar-refractivity contribution in [2.75, 3.05) is 37.9 Å². The van der Waals surface area contributed by atoms with Crippen LogP contribution in [0.5, 0.6) is 0 Å². The van der Waals surface area contributed by atoms with E-state index in [0.29, 0.717) is 0 Å². The molecule has 2 aromatic rings. The monoisotopic (exact) mass is 361 g/mol. The molecule has 5 heteroatoms. The van der Waals surface area contributed by atoms with Gasteiger partial charge in [0, 0.05) is 30.3 Å². The van der Waals surface area contributed by atoms with E-state index in [1.54, 1.807) is 0 Å². The fourth-order valence-corrected chi connectivity index (χ4v) is 2.94. The lowest BCUT2D eigenvalue weighted by Gasteiger charge is -2.34. The van der Waals surface area contributed by atoms with E-state index >= 15 is 0 Å². The van der Waals surface area contributed by atoms with Crippen LogP contribution in [0.4, 0.5) is 5.69 Å². The van der Waals surface area contributed by atoms with Gasteiger partial charge in [0.1, 0.15) is 0 Å². The molecule has 0 bridgehead atoms. The van der Waals surface area contributed by atoms with Gasteiger partial charge in [0.2, 0.25) is 0 Å². The summed E-state index contributed by atoms with van der Waals surface area (Å²) in [6, 6.07) is 12.7. The highest BCUT2D eigenvalue weighted by Gasteiger charge is 2.16. The average molecular weight is 362 g/mol. The summed E-state index contributed by atoms with van der Waals surface area (Å²) in [6.07, 6.45) is 3.74. The van der Waals surface area contributed by atoms with Gasteiger partial charge in [0.05, 0.1) is 31.8 Å². The highest BCUT2D eigenvalue weighted by Crippen LogP contribution is 2.21. The van der Waals surface area contributed by atoms with Crippen molar-refractivity contribution in [1.82, 2.24) is 9.88 Å². The molecule has 0 unspecified atom stereocenters. The number of hydrogen-bond donors (Lipinski definition) is 0. The Morgan fingerprint density at radius 1 is 1.14 bits per heavy atom. The molecular formula is C17H20BrN3O. The van der Waals surface area contributed by atoms with E-state index in [1.807, 2.05) is 12.4 Å². The number of halogens is 1. The third-order valence-electron chi connectivity index (χ3n) is 3.75. The molecule has 0 amide bonds. The van der Waals surface area contributed by atoms with Crippen LogP contribution in [0.3, 0.4) is 0 Å². The van der Waals surface area contributed by atoms with Gasteiger partial charge < -0.3 is 9.64 Å². The van der Waals surface area contributed by atoms with Gasteiger partial charge in [-0.15, -0.1) is 0 Å². The number of nitrogens with zero attached hydrogens (tertiary/aromatic N) is 3. The van der Waals surface area contributed by atoms with Gasteiger partial charge in [-0.05, 0) is 27.6 Å². The summed E-state index contributed by atoms with van der Waals surface area (Å²) in [5.74, 6) is 0. The van der Waals surface area contributed by atoms with E-state index in [4.69, 9.17) is 4.74 Å². The highest BCUT2D eigenvalue weighted by atomic mass is 79.9. The summed E-state index contributed by atoms with van der Waals surface area (Å²) in [6.45, 7) is 5.35. The largest absolute Gasteiger partial charge is 0.379 e. The molecule has 1 aromatic carbocycles. The van der Waals surface area contributed by atoms with Gasteiger partial charge in [-0.25, -0.2) is 0 Å². The Bertz CT molecular complexity index is 587. The minimum absolute atomic E-state index is 0.815. The zero-order valence-corrected chi connectivity index (χ0v) is 14.1. The number of ether oxygens (including phenoxy) is 1. The normalized spacial score (nSPS) is 15.7. The number of pyridine rings is 1. The van der Waals surface area contributed by atoms with E-state index in [1.165, 1.54) is 5.56 Å². The first-order valence-corrected chi connectivity index (χ1v) is 8.30. The molecule has 0 saturated carbocycles. The first kappa shape index (κ1) is 15.5. The Balaban J connectivity index is 1.78. The van der Waals surface area contributed by atoms with Crippen molar-refractivity contribution in [3.63, 3.8) is 0 Å². The molecule has 116 valence electrons. The predicted octanol–water partition coefficient (Wildman–Crippen LogP) is 3.14. The van der Waals surface area contributed by atoms with Gasteiger partial charge in [-0.3, -0.25) is 9.88 Å². The molecule has 0 radical (unpaired) electrons. The van der Waals surface area contributed by atoms with Gasteiger partial charge in [0.15, 0.2) is 0 Å². The number of hydrogen-bond acceptors (Lipinski definition) is 4. The predicted molar refractivity (Wildman–Crippen MR) is 91.8 cm³/mol. The first-order valence-electron chi connectivity index (χ1n) is 7.51. The van der Waals surface area contributed by atoms with E-state index in [9.17, 15) is 0 Å². The van der Waals surface area contributed by atoms with Crippen LogP contribution in [0.2, 0.25) is 0 Å². The molecule has 1 saturated heterocycles. The van der Waals surface area contributed by atoms with Crippen LogP contribution in [-0.2, 0) is 11.3 Å². The molecule has 0 N–H and O–H groups in total. The van der Waals surface area contributed by atoms with Crippen molar-refractivity contribution in [2.24, 2.45) is 0 Å². The van der Waals surface area contributed by atoms with Gasteiger partial charge in [-0.1, -0.05) is 30.3 Å². The molecule has 22 heavy (non-hydrogen) atoms. The van der Waals surface area contributed by atoms with E-state index in [2.05, 4.69) is 67.1 Å². The van der Waals surface area contributed by atoms with Crippen molar-refractivity contribution < 1.29 is 4.74 Å². The lowest BCUT2D eigenvalue weighted by molar-refractivity contribution is 0.0378. The summed E-state index contributed by atoms with van der Waals surface area (Å²) in [5, 5.41) is 0. The molecule has 1 fully saturated rings. The second-order valence-corrected chi connectivity index (χ2v) is 6.33. The van der Waals surface area contributed by atoms with Crippen molar-refractivity contribution >= 4 is 21.6 Å². The first-order chi connectivity index (χ1) is 10.8. The SMILES string of the molecule is Brc1cncc(N(Cc2ccccc2)CN2CCOCC2)c1. The second kappa shape index (κ2) is 7.72. The summed E-state index contributed by atoms with van der Waals surface area (Å²) in [5.41, 5.74) is 2.43. The average Bonchev–Trinajstić information content (AvgIpc) is 2.56. The Labute approximate surface area is 139 Å². The Morgan fingerprint density at radius 3 is 2.64 bits per heavy atom. The Kier molecular flexibility index (Phi) is 5.43. The van der Waals surface area contributed by atoms with Crippen LogP contribution >= 0.6 is 15.9 Å². The molecule has 4 nitrogen and oxygen atoms in total. The van der Waals surface area contributed by atoms with Gasteiger partial charge >= 0.3 is 0 Å². The molecule has 0 atom stereocenters. The topological polar surface area (TPSA) is 28.6 Å². The van der Waals surface area contributed by atoms with Crippen LogP contribution < -0.4 is 4.90 Å². The van der Waals surface area contributed by atoms with E-state index in [0.717, 1.165) is 49.7 Å². The van der Waals surface area contributed by atoms with Crippen molar-refractivity contribution in [2.45, 2.75) is 6.54 Å². The van der Waals surface area contributed by atoms with Crippen LogP contribution in [0, 0.1) is 0 Å². The fraction of sp³-hybridized carbons (Fsp3) is 0.353. The smallest absolute Gasteiger partial charge is 0.0713 e. The quantitative estimate of drug-likeness (QED) is 0.817. The van der Waals surface area contributed by atoms with E-state index in [-0.39, 0.29) is 0 Å². The maximum absolute atomic E-state index is 5.44. The van der Waals surface area contributed by atoms with Crippen LogP contribution in [-0.4, -0.2) is 42.9 Å². The molecule has 1 aliphatic heterocycles. The molecule has 3 rings (SSSR count). The van der Waals surface area contributed by atoms with Crippen LogP contribution in [0.15, 0.2) is 53.3 Å². The minimum atomic E-state index is 0.815. The zero-order chi connectivity index (χ0) is 15.2. The minimum Gasteiger partial charge on any atom is -0.379 e. The Hall–Kier alpha value is -1.43. The number of anilines is 1. The molecule has 0 spiro atoms. The molecule has 1 aromatic heterocycles. The van der Waals surface area contributed by atoms with Crippen LogP contribution in [0.1, 0.15) is 5.56 Å². The van der Waals surface area contributed by atoms with Gasteiger partial charge in [0.25, 0.3) is 0 Å². The van der Waals surface area contributed by atoms with E-state index < -0.39 is 0 Å². The number of morpholine rings is 1. The maximum Gasteiger partial charge on any atom is 0.0713 e. The van der Waals surface area contributed by atoms with Crippen molar-refractivity contribution in [3.8, 4) is 0 Å². The molecular weight excluding hydrogens is 342 g/mol. The summed E-state index contributed by atoms with van der Waals surface area (Å²) >= 11 is 3.52. The Morgan fingerprint density at radius 2 is 1.91 bits per heavy atom. The number of benzene rings is 1. The third kappa shape index (κ3) is 4.29. The highest BCUT2D eigenvalue weighted by molar-refractivity contribution is 9.10. The maximum atomic E-state index is 5.44. The second-order valence-electron chi connectivity index (χ2n) is 5.42. The lowest BCUT2D eigenvalue weighted by atomic mass is 10.2. The van der Waals surface area contributed by atoms with Crippen molar-refractivity contribution in [3.05, 3.63) is 58.8 Å². The zero-order valence-electron chi connectivity index (χ0n) is 12.5. The molecule has 2 heterocycles. The standard InChI is InChI=1S/C17H20BrN3O/c18-16-10-17(12-19-11-16)21(13-15-4-2-1-3-5-15)14-20-6-8-22-9-7-20/h1-5,10-12H,6-9,13-14H2.